The average molecular weight is 384 g/mol. The van der Waals surface area contributed by atoms with Gasteiger partial charge in [0.05, 0.1) is 12.0 Å². The molecule has 0 unspecified atom stereocenters. The number of benzene rings is 1. The van der Waals surface area contributed by atoms with Crippen molar-refractivity contribution in [2.45, 2.75) is 51.0 Å². The van der Waals surface area contributed by atoms with E-state index < -0.39 is 10.0 Å². The first kappa shape index (κ1) is 22.4. The summed E-state index contributed by atoms with van der Waals surface area (Å²) >= 11 is 0. The van der Waals surface area contributed by atoms with Gasteiger partial charge in [-0.2, -0.15) is 8.42 Å². The van der Waals surface area contributed by atoms with Gasteiger partial charge in [-0.25, -0.2) is 0 Å². The first-order chi connectivity index (χ1) is 12.3. The van der Waals surface area contributed by atoms with Crippen LogP contribution < -0.4 is 4.74 Å². The van der Waals surface area contributed by atoms with Gasteiger partial charge in [-0.3, -0.25) is 4.90 Å². The van der Waals surface area contributed by atoms with Crippen LogP contribution in [0.5, 0.6) is 5.75 Å². The van der Waals surface area contributed by atoms with E-state index in [9.17, 15) is 8.42 Å². The number of hydrogen-bond donors (Lipinski definition) is 0. The van der Waals surface area contributed by atoms with Crippen LogP contribution >= 0.6 is 0 Å². The maximum atomic E-state index is 12.4. The van der Waals surface area contributed by atoms with Crippen LogP contribution in [0.3, 0.4) is 0 Å². The lowest BCUT2D eigenvalue weighted by atomic mass is 10.1. The van der Waals surface area contributed by atoms with Crippen molar-refractivity contribution in [2.75, 3.05) is 34.3 Å². The number of sulfonamides is 1. The highest BCUT2D eigenvalue weighted by atomic mass is 32.2. The summed E-state index contributed by atoms with van der Waals surface area (Å²) in [6, 6.07) is 4.95. The second-order valence-corrected chi connectivity index (χ2v) is 8.25. The Kier molecular flexibility index (Phi) is 9.65. The number of unbranched alkanes of at least 4 members (excludes halogenated alkanes) is 2. The van der Waals surface area contributed by atoms with Crippen LogP contribution in [0.2, 0.25) is 0 Å². The maximum absolute atomic E-state index is 12.4. The smallest absolute Gasteiger partial charge is 0.283 e. The lowest BCUT2D eigenvalue weighted by molar-refractivity contribution is 0.253. The molecule has 7 heteroatoms. The molecule has 0 amide bonds. The minimum Gasteiger partial charge on any atom is -0.496 e. The fraction of sp³-hybridized carbons (Fsp3) is 0.632. The molecule has 0 bridgehead atoms. The van der Waals surface area contributed by atoms with Crippen molar-refractivity contribution >= 4 is 16.4 Å². The minimum atomic E-state index is -3.72. The Labute approximate surface area is 158 Å². The molecule has 0 atom stereocenters. The van der Waals surface area contributed by atoms with Gasteiger partial charge in [-0.05, 0) is 44.1 Å². The van der Waals surface area contributed by atoms with E-state index in [1.54, 1.807) is 44.3 Å². The van der Waals surface area contributed by atoms with Crippen molar-refractivity contribution in [3.63, 3.8) is 0 Å². The van der Waals surface area contributed by atoms with Gasteiger partial charge in [0.15, 0.2) is 0 Å². The van der Waals surface area contributed by atoms with Crippen molar-refractivity contribution in [1.29, 1.82) is 0 Å². The third kappa shape index (κ3) is 7.33. The van der Waals surface area contributed by atoms with Crippen LogP contribution in [0, 0.1) is 0 Å². The van der Waals surface area contributed by atoms with E-state index in [-0.39, 0.29) is 4.90 Å². The van der Waals surface area contributed by atoms with Gasteiger partial charge in [-0.15, -0.1) is 4.40 Å². The lowest BCUT2D eigenvalue weighted by Gasteiger charge is -2.23. The number of methoxy groups -OCH3 is 1. The van der Waals surface area contributed by atoms with Gasteiger partial charge in [0.1, 0.15) is 12.1 Å². The van der Waals surface area contributed by atoms with Gasteiger partial charge < -0.3 is 9.64 Å². The normalized spacial score (nSPS) is 12.1. The van der Waals surface area contributed by atoms with E-state index in [2.05, 4.69) is 23.1 Å². The summed E-state index contributed by atoms with van der Waals surface area (Å²) in [5.74, 6) is 0.707. The summed E-state index contributed by atoms with van der Waals surface area (Å²) in [6.45, 7) is 7.01. The predicted octanol–water partition coefficient (Wildman–Crippen LogP) is 3.38. The summed E-state index contributed by atoms with van der Waals surface area (Å²) in [7, 11) is 1.36. The van der Waals surface area contributed by atoms with E-state index in [1.165, 1.54) is 6.34 Å². The Balaban J connectivity index is 3.11. The molecule has 0 radical (unpaired) electrons. The van der Waals surface area contributed by atoms with Crippen LogP contribution in [-0.2, 0) is 16.6 Å². The Morgan fingerprint density at radius 3 is 2.23 bits per heavy atom. The summed E-state index contributed by atoms with van der Waals surface area (Å²) in [5, 5.41) is 0. The topological polar surface area (TPSA) is 62.2 Å². The highest BCUT2D eigenvalue weighted by Gasteiger charge is 2.17. The van der Waals surface area contributed by atoms with Gasteiger partial charge in [0, 0.05) is 26.2 Å². The number of nitrogens with zero attached hydrogens (tertiary/aromatic N) is 3. The fourth-order valence-electron chi connectivity index (χ4n) is 2.53. The molecule has 0 aliphatic carbocycles. The van der Waals surface area contributed by atoms with E-state index in [4.69, 9.17) is 4.74 Å². The molecular weight excluding hydrogens is 350 g/mol. The number of ether oxygens (including phenoxy) is 1. The fourth-order valence-corrected chi connectivity index (χ4v) is 3.50. The van der Waals surface area contributed by atoms with Gasteiger partial charge in [0.2, 0.25) is 0 Å². The highest BCUT2D eigenvalue weighted by molar-refractivity contribution is 7.90. The molecular formula is C19H33N3O3S. The quantitative estimate of drug-likeness (QED) is 0.409. The SMILES string of the molecule is CCCCN(CCCC)Cc1cc(S(=O)(=O)N=CN(C)C)ccc1OC. The van der Waals surface area contributed by atoms with Crippen molar-refractivity contribution in [3.8, 4) is 5.75 Å². The molecule has 26 heavy (non-hydrogen) atoms. The lowest BCUT2D eigenvalue weighted by Crippen LogP contribution is -2.26. The first-order valence-electron chi connectivity index (χ1n) is 9.20. The molecule has 0 fully saturated rings. The monoisotopic (exact) mass is 383 g/mol. The Bertz CT molecular complexity index is 665. The molecule has 0 saturated heterocycles. The van der Waals surface area contributed by atoms with E-state index in [0.717, 1.165) is 44.3 Å². The van der Waals surface area contributed by atoms with Crippen LogP contribution in [-0.4, -0.2) is 58.9 Å². The largest absolute Gasteiger partial charge is 0.496 e. The van der Waals surface area contributed by atoms with E-state index >= 15 is 0 Å². The van der Waals surface area contributed by atoms with Gasteiger partial charge in [0.25, 0.3) is 10.0 Å². The number of hydrogen-bond acceptors (Lipinski definition) is 4. The molecule has 0 saturated carbocycles. The second kappa shape index (κ2) is 11.2. The molecule has 6 nitrogen and oxygen atoms in total. The Morgan fingerprint density at radius 2 is 1.73 bits per heavy atom. The van der Waals surface area contributed by atoms with E-state index in [0.29, 0.717) is 12.3 Å². The van der Waals surface area contributed by atoms with Crippen LogP contribution in [0.15, 0.2) is 27.5 Å². The molecule has 0 N–H and O–H groups in total. The summed E-state index contributed by atoms with van der Waals surface area (Å²) < 4.78 is 34.1. The Morgan fingerprint density at radius 1 is 1.12 bits per heavy atom. The van der Waals surface area contributed by atoms with Crippen LogP contribution in [0.25, 0.3) is 0 Å². The first-order valence-corrected chi connectivity index (χ1v) is 10.6. The van der Waals surface area contributed by atoms with Gasteiger partial charge >= 0.3 is 0 Å². The predicted molar refractivity (Wildman–Crippen MR) is 107 cm³/mol. The molecule has 0 spiro atoms. The summed E-state index contributed by atoms with van der Waals surface area (Å²) in [5.41, 5.74) is 0.876. The van der Waals surface area contributed by atoms with Crippen LogP contribution in [0.1, 0.15) is 45.1 Å². The van der Waals surface area contributed by atoms with Crippen molar-refractivity contribution in [3.05, 3.63) is 23.8 Å². The molecule has 0 aromatic heterocycles. The zero-order valence-electron chi connectivity index (χ0n) is 16.7. The molecule has 1 aromatic rings. The zero-order valence-corrected chi connectivity index (χ0v) is 17.6. The van der Waals surface area contributed by atoms with E-state index in [1.807, 2.05) is 0 Å². The molecule has 0 aliphatic heterocycles. The third-order valence-electron chi connectivity index (χ3n) is 4.02. The Hall–Kier alpha value is -1.60. The number of rotatable bonds is 12. The maximum Gasteiger partial charge on any atom is 0.283 e. The average Bonchev–Trinajstić information content (AvgIpc) is 2.62. The van der Waals surface area contributed by atoms with Crippen LogP contribution in [0.4, 0.5) is 0 Å². The molecule has 0 aliphatic rings. The van der Waals surface area contributed by atoms with Crippen molar-refractivity contribution in [2.24, 2.45) is 4.40 Å². The summed E-state index contributed by atoms with van der Waals surface area (Å²) in [6.07, 6.45) is 5.81. The highest BCUT2D eigenvalue weighted by Crippen LogP contribution is 2.25. The third-order valence-corrected chi connectivity index (χ3v) is 5.24. The molecule has 1 aromatic carbocycles. The molecule has 1 rings (SSSR count). The summed E-state index contributed by atoms with van der Waals surface area (Å²) in [4.78, 5) is 4.15. The van der Waals surface area contributed by atoms with Crippen molar-refractivity contribution < 1.29 is 13.2 Å². The minimum absolute atomic E-state index is 0.192. The molecule has 0 heterocycles. The zero-order chi connectivity index (χ0) is 19.6. The second-order valence-electron chi connectivity index (χ2n) is 6.62. The molecule has 148 valence electrons. The van der Waals surface area contributed by atoms with Crippen molar-refractivity contribution in [1.82, 2.24) is 9.80 Å². The van der Waals surface area contributed by atoms with Gasteiger partial charge in [-0.1, -0.05) is 26.7 Å². The standard InChI is InChI=1S/C19H33N3O3S/c1-6-8-12-22(13-9-7-2)15-17-14-18(10-11-19(17)25-5)26(23,24)20-16-21(3)4/h10-11,14,16H,6-9,12-13,15H2,1-5H3.